The van der Waals surface area contributed by atoms with Crippen LogP contribution in [0.15, 0.2) is 70.7 Å². The monoisotopic (exact) mass is 452 g/mol. The number of benzene rings is 2. The molecule has 7 nitrogen and oxygen atoms in total. The first-order valence-electron chi connectivity index (χ1n) is 8.94. The third-order valence-electron chi connectivity index (χ3n) is 4.50. The summed E-state index contributed by atoms with van der Waals surface area (Å²) in [6.45, 7) is 0. The van der Waals surface area contributed by atoms with Gasteiger partial charge in [0.25, 0.3) is 11.8 Å². The van der Waals surface area contributed by atoms with Gasteiger partial charge in [-0.2, -0.15) is 0 Å². The molecule has 0 unspecified atom stereocenters. The van der Waals surface area contributed by atoms with E-state index in [0.29, 0.717) is 22.0 Å². The summed E-state index contributed by atoms with van der Waals surface area (Å²) < 4.78 is 5.72. The Kier molecular flexibility index (Phi) is 5.41. The van der Waals surface area contributed by atoms with Crippen molar-refractivity contribution >= 4 is 58.5 Å². The number of hydrogen-bond acceptors (Lipinski definition) is 5. The summed E-state index contributed by atoms with van der Waals surface area (Å²) in [6, 6.07) is 16.0. The van der Waals surface area contributed by atoms with E-state index in [1.54, 1.807) is 48.5 Å². The summed E-state index contributed by atoms with van der Waals surface area (Å²) in [5, 5.41) is 11.8. The molecule has 4 rings (SSSR count). The number of halogens is 1. The highest BCUT2D eigenvalue weighted by Crippen LogP contribution is 2.30. The normalized spacial score (nSPS) is 15.3. The molecular weight excluding hydrogens is 440 g/mol. The Morgan fingerprint density at radius 2 is 1.87 bits per heavy atom. The first-order valence-corrected chi connectivity index (χ1v) is 9.73. The molecule has 1 fully saturated rings. The lowest BCUT2D eigenvalue weighted by molar-refractivity contribution is -0.122. The number of carbonyl (C=O) groups is 3. The Hall–Kier alpha value is -3.75. The maximum Gasteiger partial charge on any atom is 0.335 e. The maximum atomic E-state index is 13.0. The minimum atomic E-state index is -1.06. The van der Waals surface area contributed by atoms with Crippen molar-refractivity contribution in [2.75, 3.05) is 4.90 Å². The second kappa shape index (κ2) is 8.17. The van der Waals surface area contributed by atoms with E-state index in [4.69, 9.17) is 33.3 Å². The van der Waals surface area contributed by atoms with E-state index in [1.165, 1.54) is 18.2 Å². The number of carboxylic acids is 1. The smallest absolute Gasteiger partial charge is 0.335 e. The first kappa shape index (κ1) is 20.5. The average molecular weight is 453 g/mol. The number of thiocarbonyl (C=S) groups is 1. The highest BCUT2D eigenvalue weighted by Gasteiger charge is 2.35. The minimum absolute atomic E-state index is 0.0779. The molecule has 1 aliphatic heterocycles. The van der Waals surface area contributed by atoms with E-state index in [-0.39, 0.29) is 22.0 Å². The van der Waals surface area contributed by atoms with Gasteiger partial charge in [0, 0.05) is 5.56 Å². The van der Waals surface area contributed by atoms with Gasteiger partial charge in [-0.05, 0) is 54.7 Å². The largest absolute Gasteiger partial charge is 0.478 e. The van der Waals surface area contributed by atoms with Crippen LogP contribution in [0.1, 0.15) is 16.1 Å². The molecule has 31 heavy (non-hydrogen) atoms. The average Bonchev–Trinajstić information content (AvgIpc) is 3.21. The highest BCUT2D eigenvalue weighted by molar-refractivity contribution is 7.80. The van der Waals surface area contributed by atoms with Crippen LogP contribution >= 0.6 is 23.8 Å². The number of nitrogens with one attached hydrogen (secondary N) is 1. The molecule has 0 spiro atoms. The molecule has 2 heterocycles. The number of rotatable bonds is 4. The summed E-state index contributed by atoms with van der Waals surface area (Å²) in [5.41, 5.74) is 0.812. The fraction of sp³-hybridized carbons (Fsp3) is 0. The van der Waals surface area contributed by atoms with Crippen molar-refractivity contribution in [2.45, 2.75) is 0 Å². The second-order valence-corrected chi connectivity index (χ2v) is 7.29. The lowest BCUT2D eigenvalue weighted by Gasteiger charge is -2.29. The summed E-state index contributed by atoms with van der Waals surface area (Å²) in [5.74, 6) is -1.74. The van der Waals surface area contributed by atoms with Crippen LogP contribution in [0.25, 0.3) is 17.4 Å². The number of nitrogens with zero attached hydrogens (tertiary/aromatic N) is 1. The number of anilines is 1. The molecule has 0 bridgehead atoms. The Balaban J connectivity index is 1.68. The summed E-state index contributed by atoms with van der Waals surface area (Å²) in [6.07, 6.45) is 1.30. The lowest BCUT2D eigenvalue weighted by atomic mass is 10.1. The van der Waals surface area contributed by atoms with Crippen LogP contribution in [-0.4, -0.2) is 28.0 Å². The predicted octanol–water partition coefficient (Wildman–Crippen LogP) is 4.13. The fourth-order valence-electron chi connectivity index (χ4n) is 3.04. The molecule has 1 aliphatic rings. The van der Waals surface area contributed by atoms with Crippen molar-refractivity contribution in [3.05, 3.63) is 82.6 Å². The molecule has 0 atom stereocenters. The topological polar surface area (TPSA) is 99.9 Å². The van der Waals surface area contributed by atoms with E-state index in [2.05, 4.69) is 5.32 Å². The molecule has 2 amide bonds. The van der Waals surface area contributed by atoms with Crippen LogP contribution in [0.5, 0.6) is 0 Å². The summed E-state index contributed by atoms with van der Waals surface area (Å²) in [7, 11) is 0. The standard InChI is InChI=1S/C22H13ClN2O5S/c23-16-6-1-2-7-17(16)25-20(27)15(19(26)24-22(25)31)11-14-8-9-18(30-14)12-4-3-5-13(10-12)21(28)29/h1-11H,(H,28,29)(H,24,26,31)/b15-11-. The predicted molar refractivity (Wildman–Crippen MR) is 119 cm³/mol. The quantitative estimate of drug-likeness (QED) is 0.351. The van der Waals surface area contributed by atoms with Crippen molar-refractivity contribution in [1.29, 1.82) is 0 Å². The van der Waals surface area contributed by atoms with Gasteiger partial charge in [0.2, 0.25) is 0 Å². The van der Waals surface area contributed by atoms with Crippen molar-refractivity contribution in [2.24, 2.45) is 0 Å². The highest BCUT2D eigenvalue weighted by atomic mass is 35.5. The minimum Gasteiger partial charge on any atom is -0.478 e. The number of carboxylic acid groups (broad SMARTS) is 1. The third-order valence-corrected chi connectivity index (χ3v) is 5.11. The van der Waals surface area contributed by atoms with Gasteiger partial charge in [0.15, 0.2) is 5.11 Å². The number of para-hydroxylation sites is 1. The number of furan rings is 1. The number of amides is 2. The van der Waals surface area contributed by atoms with Crippen molar-refractivity contribution in [3.63, 3.8) is 0 Å². The maximum absolute atomic E-state index is 13.0. The van der Waals surface area contributed by atoms with E-state index < -0.39 is 17.8 Å². The van der Waals surface area contributed by atoms with E-state index in [1.807, 2.05) is 0 Å². The number of aromatic carboxylic acids is 1. The van der Waals surface area contributed by atoms with Crippen LogP contribution in [0, 0.1) is 0 Å². The first-order chi connectivity index (χ1) is 14.8. The van der Waals surface area contributed by atoms with Crippen LogP contribution in [0.2, 0.25) is 5.02 Å². The molecule has 0 radical (unpaired) electrons. The molecule has 0 saturated carbocycles. The Bertz CT molecular complexity index is 1280. The zero-order valence-corrected chi connectivity index (χ0v) is 17.2. The molecule has 3 aromatic rings. The number of hydrogen-bond donors (Lipinski definition) is 2. The molecule has 154 valence electrons. The van der Waals surface area contributed by atoms with Gasteiger partial charge in [-0.25, -0.2) is 4.79 Å². The molecule has 9 heteroatoms. The van der Waals surface area contributed by atoms with Crippen LogP contribution in [0.3, 0.4) is 0 Å². The number of carbonyl (C=O) groups excluding carboxylic acids is 2. The van der Waals surface area contributed by atoms with Gasteiger partial charge < -0.3 is 9.52 Å². The molecule has 2 N–H and O–H groups in total. The fourth-order valence-corrected chi connectivity index (χ4v) is 3.54. The van der Waals surface area contributed by atoms with Gasteiger partial charge in [0.1, 0.15) is 17.1 Å². The van der Waals surface area contributed by atoms with E-state index in [0.717, 1.165) is 4.90 Å². The van der Waals surface area contributed by atoms with Gasteiger partial charge in [0.05, 0.1) is 16.3 Å². The van der Waals surface area contributed by atoms with Gasteiger partial charge in [-0.15, -0.1) is 0 Å². The van der Waals surface area contributed by atoms with Gasteiger partial charge >= 0.3 is 5.97 Å². The molecule has 1 aromatic heterocycles. The van der Waals surface area contributed by atoms with Crippen molar-refractivity contribution < 1.29 is 23.9 Å². The summed E-state index contributed by atoms with van der Waals surface area (Å²) in [4.78, 5) is 37.8. The lowest BCUT2D eigenvalue weighted by Crippen LogP contribution is -2.54. The zero-order chi connectivity index (χ0) is 22.1. The van der Waals surface area contributed by atoms with Crippen LogP contribution < -0.4 is 10.2 Å². The summed E-state index contributed by atoms with van der Waals surface area (Å²) >= 11 is 11.4. The molecular formula is C22H13ClN2O5S. The SMILES string of the molecule is O=C1NC(=S)N(c2ccccc2Cl)C(=O)/C1=C\c1ccc(-c2cccc(C(=O)O)c2)o1. The van der Waals surface area contributed by atoms with Crippen molar-refractivity contribution in [3.8, 4) is 11.3 Å². The third kappa shape index (κ3) is 3.98. The Morgan fingerprint density at radius 1 is 1.10 bits per heavy atom. The van der Waals surface area contributed by atoms with E-state index >= 15 is 0 Å². The van der Waals surface area contributed by atoms with Crippen LogP contribution in [0.4, 0.5) is 5.69 Å². The molecule has 1 saturated heterocycles. The second-order valence-electron chi connectivity index (χ2n) is 6.50. The zero-order valence-electron chi connectivity index (χ0n) is 15.7. The van der Waals surface area contributed by atoms with Crippen molar-refractivity contribution in [1.82, 2.24) is 5.32 Å². The van der Waals surface area contributed by atoms with Gasteiger partial charge in [-0.1, -0.05) is 35.9 Å². The van der Waals surface area contributed by atoms with E-state index in [9.17, 15) is 14.4 Å². The Labute approximate surface area is 186 Å². The molecule has 0 aliphatic carbocycles. The van der Waals surface area contributed by atoms with Gasteiger partial charge in [-0.3, -0.25) is 19.8 Å². The Morgan fingerprint density at radius 3 is 2.61 bits per heavy atom. The van der Waals surface area contributed by atoms with Crippen LogP contribution in [-0.2, 0) is 9.59 Å². The molecule has 2 aromatic carbocycles.